The van der Waals surface area contributed by atoms with Gasteiger partial charge in [0.2, 0.25) is 0 Å². The Morgan fingerprint density at radius 2 is 1.19 bits per heavy atom. The van der Waals surface area contributed by atoms with Gasteiger partial charge in [-0.25, -0.2) is 4.79 Å². The van der Waals surface area contributed by atoms with E-state index in [1.165, 1.54) is 6.92 Å². The zero-order valence-electron chi connectivity index (χ0n) is 13.4. The molecule has 0 saturated carbocycles. The van der Waals surface area contributed by atoms with Gasteiger partial charge in [0.05, 0.1) is 0 Å². The molecular formula is C16H32O5. The molecule has 0 radical (unpaired) electrons. The highest BCUT2D eigenvalue weighted by atomic mass is 16.5. The molecule has 0 rings (SSSR count). The maximum absolute atomic E-state index is 9.60. The zero-order valence-corrected chi connectivity index (χ0v) is 13.4. The largest absolute Gasteiger partial charge is 0.478 e. The van der Waals surface area contributed by atoms with Crippen molar-refractivity contribution in [3.05, 3.63) is 12.2 Å². The highest BCUT2D eigenvalue weighted by Gasteiger charge is 1.92. The molecule has 21 heavy (non-hydrogen) atoms. The predicted octanol–water partition coefficient (Wildman–Crippen LogP) is 2.76. The molecule has 0 aliphatic carbocycles. The van der Waals surface area contributed by atoms with Crippen LogP contribution in [0.1, 0.15) is 58.3 Å². The fourth-order valence-corrected chi connectivity index (χ4v) is 1.44. The van der Waals surface area contributed by atoms with Gasteiger partial charge >= 0.3 is 5.97 Å². The summed E-state index contributed by atoms with van der Waals surface area (Å²) in [6.45, 7) is 6.93. The number of hydrogen-bond acceptors (Lipinski definition) is 4. The maximum atomic E-state index is 9.60. The van der Waals surface area contributed by atoms with E-state index in [0.717, 1.165) is 64.6 Å². The highest BCUT2D eigenvalue weighted by molar-refractivity contribution is 5.84. The van der Waals surface area contributed by atoms with Crippen LogP contribution in [0.5, 0.6) is 0 Å². The Labute approximate surface area is 128 Å². The summed E-state index contributed by atoms with van der Waals surface area (Å²) >= 11 is 0. The van der Waals surface area contributed by atoms with Gasteiger partial charge in [-0.2, -0.15) is 0 Å². The Hall–Kier alpha value is -0.910. The van der Waals surface area contributed by atoms with Crippen molar-refractivity contribution in [1.82, 2.24) is 0 Å². The van der Waals surface area contributed by atoms with Crippen LogP contribution in [-0.4, -0.2) is 47.7 Å². The molecule has 0 aliphatic rings. The number of rotatable bonds is 13. The van der Waals surface area contributed by atoms with E-state index in [-0.39, 0.29) is 5.57 Å². The lowest BCUT2D eigenvalue weighted by Crippen LogP contribution is -1.97. The maximum Gasteiger partial charge on any atom is 0.330 e. The quantitative estimate of drug-likeness (QED) is 0.360. The van der Waals surface area contributed by atoms with E-state index in [2.05, 4.69) is 6.58 Å². The van der Waals surface area contributed by atoms with Crippen LogP contribution in [0.3, 0.4) is 0 Å². The Morgan fingerprint density at radius 1 is 0.857 bits per heavy atom. The number of aliphatic hydroxyl groups excluding tert-OH is 2. The monoisotopic (exact) mass is 304 g/mol. The average molecular weight is 304 g/mol. The summed E-state index contributed by atoms with van der Waals surface area (Å²) in [6, 6.07) is 0. The molecule has 0 bridgehead atoms. The Balaban J connectivity index is 0. The molecule has 5 heteroatoms. The number of carbonyl (C=O) groups is 1. The zero-order chi connectivity index (χ0) is 16.3. The first-order valence-electron chi connectivity index (χ1n) is 7.74. The van der Waals surface area contributed by atoms with E-state index in [1.54, 1.807) is 0 Å². The molecule has 0 aromatic carbocycles. The lowest BCUT2D eigenvalue weighted by atomic mass is 10.2. The van der Waals surface area contributed by atoms with Gasteiger partial charge in [0.1, 0.15) is 0 Å². The molecular weight excluding hydrogens is 272 g/mol. The number of carboxylic acids is 1. The van der Waals surface area contributed by atoms with Crippen LogP contribution in [0.2, 0.25) is 0 Å². The Morgan fingerprint density at radius 3 is 1.48 bits per heavy atom. The highest BCUT2D eigenvalue weighted by Crippen LogP contribution is 2.02. The van der Waals surface area contributed by atoms with Gasteiger partial charge in [0.15, 0.2) is 0 Å². The fraction of sp³-hybridized carbons (Fsp3) is 0.812. The summed E-state index contributed by atoms with van der Waals surface area (Å²) in [7, 11) is 0. The van der Waals surface area contributed by atoms with Gasteiger partial charge in [-0.15, -0.1) is 0 Å². The first kappa shape index (κ1) is 22.4. The van der Waals surface area contributed by atoms with Gasteiger partial charge in [0.25, 0.3) is 0 Å². The molecule has 0 heterocycles. The number of ether oxygens (including phenoxy) is 1. The van der Waals surface area contributed by atoms with Crippen molar-refractivity contribution in [2.45, 2.75) is 58.3 Å². The second kappa shape index (κ2) is 19.1. The second-order valence-electron chi connectivity index (χ2n) is 4.97. The molecule has 0 spiro atoms. The average Bonchev–Trinajstić information content (AvgIpc) is 2.45. The van der Waals surface area contributed by atoms with Crippen molar-refractivity contribution in [3.63, 3.8) is 0 Å². The first-order chi connectivity index (χ1) is 10.1. The first-order valence-corrected chi connectivity index (χ1v) is 7.74. The van der Waals surface area contributed by atoms with Gasteiger partial charge in [-0.1, -0.05) is 32.3 Å². The molecule has 0 saturated heterocycles. The van der Waals surface area contributed by atoms with Gasteiger partial charge in [-0.3, -0.25) is 0 Å². The topological polar surface area (TPSA) is 87.0 Å². The molecule has 0 aromatic rings. The molecule has 0 aromatic heterocycles. The number of hydrogen-bond donors (Lipinski definition) is 3. The standard InChI is InChI=1S/C12H26O3.C4H6O2/c13-9-5-1-3-7-11-15-12-8-4-2-6-10-14;1-3(2)4(5)6/h13-14H,1-12H2;1H2,2H3,(H,5,6). The molecule has 0 atom stereocenters. The van der Waals surface area contributed by atoms with Gasteiger partial charge in [-0.05, 0) is 32.6 Å². The molecule has 0 aliphatic heterocycles. The molecule has 3 N–H and O–H groups in total. The lowest BCUT2D eigenvalue weighted by molar-refractivity contribution is -0.132. The van der Waals surface area contributed by atoms with Crippen LogP contribution in [0, 0.1) is 0 Å². The summed E-state index contributed by atoms with van der Waals surface area (Å²) in [4.78, 5) is 9.60. The van der Waals surface area contributed by atoms with Crippen LogP contribution >= 0.6 is 0 Å². The third-order valence-electron chi connectivity index (χ3n) is 2.76. The normalized spacial score (nSPS) is 9.86. The van der Waals surface area contributed by atoms with E-state index >= 15 is 0 Å². The predicted molar refractivity (Wildman–Crippen MR) is 84.4 cm³/mol. The Bertz CT molecular complexity index is 217. The third-order valence-corrected chi connectivity index (χ3v) is 2.76. The molecule has 0 unspecified atom stereocenters. The summed E-state index contributed by atoms with van der Waals surface area (Å²) in [5.74, 6) is -0.935. The van der Waals surface area contributed by atoms with E-state index < -0.39 is 5.97 Å². The smallest absolute Gasteiger partial charge is 0.330 e. The minimum Gasteiger partial charge on any atom is -0.478 e. The van der Waals surface area contributed by atoms with Crippen molar-refractivity contribution < 1.29 is 24.9 Å². The van der Waals surface area contributed by atoms with Gasteiger partial charge in [0, 0.05) is 32.0 Å². The molecule has 0 fully saturated rings. The number of unbranched alkanes of at least 4 members (excludes halogenated alkanes) is 6. The molecule has 5 nitrogen and oxygen atoms in total. The van der Waals surface area contributed by atoms with E-state index in [1.807, 2.05) is 0 Å². The van der Waals surface area contributed by atoms with Crippen LogP contribution < -0.4 is 0 Å². The third kappa shape index (κ3) is 24.5. The van der Waals surface area contributed by atoms with E-state index in [4.69, 9.17) is 20.1 Å². The second-order valence-corrected chi connectivity index (χ2v) is 4.97. The summed E-state index contributed by atoms with van der Waals surface area (Å²) in [6.07, 6.45) is 8.58. The van der Waals surface area contributed by atoms with Crippen LogP contribution in [0.4, 0.5) is 0 Å². The van der Waals surface area contributed by atoms with Crippen LogP contribution in [-0.2, 0) is 9.53 Å². The molecule has 126 valence electrons. The van der Waals surface area contributed by atoms with Gasteiger partial charge < -0.3 is 20.1 Å². The SMILES string of the molecule is C=C(C)C(=O)O.OCCCCCCOCCCCCCO. The summed E-state index contributed by atoms with van der Waals surface area (Å²) < 4.78 is 5.47. The minimum absolute atomic E-state index is 0.176. The molecule has 0 amide bonds. The lowest BCUT2D eigenvalue weighted by Gasteiger charge is -2.03. The summed E-state index contributed by atoms with van der Waals surface area (Å²) in [5.41, 5.74) is 0.176. The van der Waals surface area contributed by atoms with Crippen molar-refractivity contribution in [3.8, 4) is 0 Å². The number of aliphatic carboxylic acids is 1. The number of aliphatic hydroxyl groups is 2. The Kier molecular flexibility index (Phi) is 20.3. The van der Waals surface area contributed by atoms with Crippen molar-refractivity contribution in [2.24, 2.45) is 0 Å². The van der Waals surface area contributed by atoms with Crippen LogP contribution in [0.25, 0.3) is 0 Å². The van der Waals surface area contributed by atoms with Crippen LogP contribution in [0.15, 0.2) is 12.2 Å². The van der Waals surface area contributed by atoms with Crippen molar-refractivity contribution in [1.29, 1.82) is 0 Å². The minimum atomic E-state index is -0.935. The van der Waals surface area contributed by atoms with E-state index in [0.29, 0.717) is 13.2 Å². The van der Waals surface area contributed by atoms with E-state index in [9.17, 15) is 4.79 Å². The summed E-state index contributed by atoms with van der Waals surface area (Å²) in [5, 5.41) is 25.0. The fourth-order valence-electron chi connectivity index (χ4n) is 1.44. The van der Waals surface area contributed by atoms with Crippen molar-refractivity contribution in [2.75, 3.05) is 26.4 Å². The number of carboxylic acid groups (broad SMARTS) is 1. The van der Waals surface area contributed by atoms with Crippen molar-refractivity contribution >= 4 is 5.97 Å².